The standard InChI is InChI=1S/C16H19NO/c17-9-3-8-16(11-18-12-16)15-7-6-13-4-1-2-5-14(13)10-15/h6-7,10H,1-5,8,11-12H2. The third kappa shape index (κ3) is 1.93. The van der Waals surface area contributed by atoms with Gasteiger partial charge < -0.3 is 4.74 Å². The molecule has 1 aromatic carbocycles. The van der Waals surface area contributed by atoms with Gasteiger partial charge in [0.25, 0.3) is 0 Å². The lowest BCUT2D eigenvalue weighted by Gasteiger charge is -2.42. The van der Waals surface area contributed by atoms with Gasteiger partial charge in [0.2, 0.25) is 0 Å². The van der Waals surface area contributed by atoms with E-state index in [-0.39, 0.29) is 5.41 Å². The van der Waals surface area contributed by atoms with Crippen LogP contribution >= 0.6 is 0 Å². The summed E-state index contributed by atoms with van der Waals surface area (Å²) in [6.45, 7) is 1.57. The lowest BCUT2D eigenvalue weighted by molar-refractivity contribution is -0.0637. The zero-order valence-electron chi connectivity index (χ0n) is 10.7. The Morgan fingerprint density at radius 3 is 2.61 bits per heavy atom. The van der Waals surface area contributed by atoms with Crippen molar-refractivity contribution < 1.29 is 4.74 Å². The summed E-state index contributed by atoms with van der Waals surface area (Å²) in [4.78, 5) is 0. The number of rotatable bonds is 3. The molecule has 0 radical (unpaired) electrons. The minimum atomic E-state index is 0.127. The molecule has 2 heteroatoms. The Morgan fingerprint density at radius 2 is 1.94 bits per heavy atom. The molecule has 0 bridgehead atoms. The Kier molecular flexibility index (Phi) is 3.09. The highest BCUT2D eigenvalue weighted by Gasteiger charge is 2.40. The Morgan fingerprint density at radius 1 is 1.17 bits per heavy atom. The SMILES string of the molecule is N#CCCC1(c2ccc3c(c2)CCCC3)COC1. The number of ether oxygens (including phenoxy) is 1. The van der Waals surface area contributed by atoms with Crippen LogP contribution in [0, 0.1) is 11.3 Å². The van der Waals surface area contributed by atoms with Gasteiger partial charge in [0.15, 0.2) is 0 Å². The molecule has 1 fully saturated rings. The molecule has 0 N–H and O–H groups in total. The molecule has 2 nitrogen and oxygen atoms in total. The van der Waals surface area contributed by atoms with Gasteiger partial charge in [-0.25, -0.2) is 0 Å². The molecular formula is C16H19NO. The van der Waals surface area contributed by atoms with Crippen molar-refractivity contribution in [1.29, 1.82) is 5.26 Å². The van der Waals surface area contributed by atoms with Crippen molar-refractivity contribution in [2.24, 2.45) is 0 Å². The van der Waals surface area contributed by atoms with Gasteiger partial charge in [-0.15, -0.1) is 0 Å². The third-order valence-corrected chi connectivity index (χ3v) is 4.43. The Labute approximate surface area is 109 Å². The van der Waals surface area contributed by atoms with Gasteiger partial charge in [-0.2, -0.15) is 5.26 Å². The molecule has 0 atom stereocenters. The second-order valence-electron chi connectivity index (χ2n) is 5.62. The van der Waals surface area contributed by atoms with E-state index in [1.165, 1.54) is 42.4 Å². The lowest BCUT2D eigenvalue weighted by atomic mass is 9.73. The number of hydrogen-bond donors (Lipinski definition) is 0. The topological polar surface area (TPSA) is 33.0 Å². The van der Waals surface area contributed by atoms with Crippen LogP contribution in [0.5, 0.6) is 0 Å². The molecule has 18 heavy (non-hydrogen) atoms. The van der Waals surface area contributed by atoms with E-state index in [4.69, 9.17) is 10.00 Å². The maximum atomic E-state index is 8.80. The van der Waals surface area contributed by atoms with Gasteiger partial charge in [0, 0.05) is 11.8 Å². The van der Waals surface area contributed by atoms with Crippen molar-refractivity contribution in [3.63, 3.8) is 0 Å². The zero-order chi connectivity index (χ0) is 12.4. The van der Waals surface area contributed by atoms with Gasteiger partial charge in [0.1, 0.15) is 0 Å². The van der Waals surface area contributed by atoms with E-state index < -0.39 is 0 Å². The number of nitrogens with zero attached hydrogens (tertiary/aromatic N) is 1. The van der Waals surface area contributed by atoms with E-state index in [0.717, 1.165) is 19.6 Å². The van der Waals surface area contributed by atoms with E-state index >= 15 is 0 Å². The van der Waals surface area contributed by atoms with Crippen molar-refractivity contribution in [2.45, 2.75) is 43.9 Å². The molecule has 1 aromatic rings. The van der Waals surface area contributed by atoms with Crippen LogP contribution in [0.2, 0.25) is 0 Å². The van der Waals surface area contributed by atoms with Crippen LogP contribution in [-0.4, -0.2) is 13.2 Å². The molecule has 0 aromatic heterocycles. The summed E-state index contributed by atoms with van der Waals surface area (Å²) >= 11 is 0. The quantitative estimate of drug-likeness (QED) is 0.814. The van der Waals surface area contributed by atoms with Gasteiger partial charge in [0.05, 0.1) is 19.3 Å². The van der Waals surface area contributed by atoms with Crippen LogP contribution in [0.4, 0.5) is 0 Å². The highest BCUT2D eigenvalue weighted by molar-refractivity contribution is 5.38. The fraction of sp³-hybridized carbons (Fsp3) is 0.562. The van der Waals surface area contributed by atoms with Crippen molar-refractivity contribution in [3.05, 3.63) is 34.9 Å². The summed E-state index contributed by atoms with van der Waals surface area (Å²) in [5, 5.41) is 8.80. The minimum absolute atomic E-state index is 0.127. The Balaban J connectivity index is 1.89. The number of benzene rings is 1. The molecule has 1 saturated heterocycles. The molecular weight excluding hydrogens is 222 g/mol. The molecule has 1 heterocycles. The molecule has 0 unspecified atom stereocenters. The maximum absolute atomic E-state index is 8.80. The van der Waals surface area contributed by atoms with Crippen LogP contribution in [0.25, 0.3) is 0 Å². The van der Waals surface area contributed by atoms with E-state index in [0.29, 0.717) is 6.42 Å². The average molecular weight is 241 g/mol. The number of aryl methyl sites for hydroxylation is 2. The van der Waals surface area contributed by atoms with Crippen LogP contribution in [0.15, 0.2) is 18.2 Å². The second kappa shape index (κ2) is 4.74. The molecule has 94 valence electrons. The fourth-order valence-corrected chi connectivity index (χ4v) is 3.16. The molecule has 1 aliphatic carbocycles. The second-order valence-corrected chi connectivity index (χ2v) is 5.62. The highest BCUT2D eigenvalue weighted by atomic mass is 16.5. The third-order valence-electron chi connectivity index (χ3n) is 4.43. The van der Waals surface area contributed by atoms with Crippen molar-refractivity contribution in [2.75, 3.05) is 13.2 Å². The number of hydrogen-bond acceptors (Lipinski definition) is 2. The zero-order valence-corrected chi connectivity index (χ0v) is 10.7. The molecule has 0 saturated carbocycles. The fourth-order valence-electron chi connectivity index (χ4n) is 3.16. The minimum Gasteiger partial charge on any atom is -0.379 e. The summed E-state index contributed by atoms with van der Waals surface area (Å²) in [6, 6.07) is 9.22. The van der Waals surface area contributed by atoms with Gasteiger partial charge in [-0.1, -0.05) is 18.2 Å². The first-order valence-corrected chi connectivity index (χ1v) is 6.91. The summed E-state index contributed by atoms with van der Waals surface area (Å²) in [5.41, 5.74) is 4.58. The Hall–Kier alpha value is -1.33. The van der Waals surface area contributed by atoms with Crippen LogP contribution in [-0.2, 0) is 23.0 Å². The summed E-state index contributed by atoms with van der Waals surface area (Å²) in [5.74, 6) is 0. The van der Waals surface area contributed by atoms with Crippen LogP contribution in [0.3, 0.4) is 0 Å². The number of fused-ring (bicyclic) bond motifs is 1. The van der Waals surface area contributed by atoms with E-state index in [1.807, 2.05) is 0 Å². The average Bonchev–Trinajstić information content (AvgIpc) is 2.37. The number of nitriles is 1. The first-order valence-electron chi connectivity index (χ1n) is 6.91. The predicted octanol–water partition coefficient (Wildman–Crippen LogP) is 3.14. The van der Waals surface area contributed by atoms with Crippen molar-refractivity contribution in [1.82, 2.24) is 0 Å². The highest BCUT2D eigenvalue weighted by Crippen LogP contribution is 2.38. The summed E-state index contributed by atoms with van der Waals surface area (Å²) in [6.07, 6.45) is 6.66. The monoisotopic (exact) mass is 241 g/mol. The van der Waals surface area contributed by atoms with Gasteiger partial charge in [-0.05, 0) is 48.8 Å². The normalized spacial score (nSPS) is 20.6. The van der Waals surface area contributed by atoms with Crippen LogP contribution in [0.1, 0.15) is 42.4 Å². The lowest BCUT2D eigenvalue weighted by Crippen LogP contribution is -2.46. The smallest absolute Gasteiger partial charge is 0.0622 e. The molecule has 3 rings (SSSR count). The molecule has 1 aliphatic heterocycles. The van der Waals surface area contributed by atoms with E-state index in [2.05, 4.69) is 24.3 Å². The molecule has 2 aliphatic rings. The largest absolute Gasteiger partial charge is 0.379 e. The predicted molar refractivity (Wildman–Crippen MR) is 70.4 cm³/mol. The summed E-state index contributed by atoms with van der Waals surface area (Å²) < 4.78 is 5.42. The van der Waals surface area contributed by atoms with Crippen molar-refractivity contribution in [3.8, 4) is 6.07 Å². The summed E-state index contributed by atoms with van der Waals surface area (Å²) in [7, 11) is 0. The molecule has 0 spiro atoms. The van der Waals surface area contributed by atoms with Crippen molar-refractivity contribution >= 4 is 0 Å². The first kappa shape index (κ1) is 11.7. The van der Waals surface area contributed by atoms with Crippen LogP contribution < -0.4 is 0 Å². The Bertz CT molecular complexity index is 482. The first-order chi connectivity index (χ1) is 8.84. The van der Waals surface area contributed by atoms with Gasteiger partial charge >= 0.3 is 0 Å². The van der Waals surface area contributed by atoms with E-state index in [9.17, 15) is 0 Å². The van der Waals surface area contributed by atoms with E-state index in [1.54, 1.807) is 0 Å². The maximum Gasteiger partial charge on any atom is 0.0622 e. The molecule has 0 amide bonds. The van der Waals surface area contributed by atoms with Gasteiger partial charge in [-0.3, -0.25) is 0 Å².